The second kappa shape index (κ2) is 5.42. The fourth-order valence-electron chi connectivity index (χ4n) is 2.42. The van der Waals surface area contributed by atoms with E-state index in [9.17, 15) is 4.79 Å². The lowest BCUT2D eigenvalue weighted by Gasteiger charge is -2.49. The largest absolute Gasteiger partial charge is 0.363 e. The molecule has 1 aliphatic carbocycles. The number of rotatable bonds is 5. The van der Waals surface area contributed by atoms with E-state index in [1.165, 1.54) is 17.8 Å². The van der Waals surface area contributed by atoms with Crippen molar-refractivity contribution in [3.8, 4) is 0 Å². The molecule has 1 aliphatic rings. The van der Waals surface area contributed by atoms with Crippen molar-refractivity contribution >= 4 is 22.4 Å². The lowest BCUT2D eigenvalue weighted by molar-refractivity contribution is 0.0252. The maximum Gasteiger partial charge on any atom is 0.284 e. The maximum absolute atomic E-state index is 12.3. The van der Waals surface area contributed by atoms with Gasteiger partial charge in [0, 0.05) is 26.2 Å². The molecule has 0 unspecified atom stereocenters. The summed E-state index contributed by atoms with van der Waals surface area (Å²) in [6, 6.07) is 0. The van der Waals surface area contributed by atoms with Crippen LogP contribution in [0.5, 0.6) is 0 Å². The number of nitrogens with one attached hydrogen (secondary N) is 1. The minimum atomic E-state index is -0.0490. The molecule has 1 aromatic heterocycles. The van der Waals surface area contributed by atoms with Crippen LogP contribution < -0.4 is 5.32 Å². The minimum Gasteiger partial charge on any atom is -0.363 e. The van der Waals surface area contributed by atoms with Gasteiger partial charge in [0.2, 0.25) is 10.1 Å². The first kappa shape index (κ1) is 14.2. The van der Waals surface area contributed by atoms with Crippen molar-refractivity contribution in [3.63, 3.8) is 0 Å². The van der Waals surface area contributed by atoms with Crippen molar-refractivity contribution in [2.75, 3.05) is 40.1 Å². The molecule has 1 heterocycles. The van der Waals surface area contributed by atoms with Crippen LogP contribution in [0, 0.1) is 0 Å². The zero-order valence-electron chi connectivity index (χ0n) is 11.9. The number of amides is 1. The summed E-state index contributed by atoms with van der Waals surface area (Å²) in [7, 11) is 7.78. The molecule has 0 saturated heterocycles. The fraction of sp³-hybridized carbons (Fsp3) is 0.750. The Balaban J connectivity index is 2.03. The lowest BCUT2D eigenvalue weighted by atomic mass is 9.75. The van der Waals surface area contributed by atoms with Gasteiger partial charge in [-0.1, -0.05) is 11.3 Å². The highest BCUT2D eigenvalue weighted by atomic mass is 32.1. The number of carbonyl (C=O) groups excluding carboxylic acids is 1. The van der Waals surface area contributed by atoms with Crippen molar-refractivity contribution < 1.29 is 4.79 Å². The van der Waals surface area contributed by atoms with E-state index in [4.69, 9.17) is 0 Å². The van der Waals surface area contributed by atoms with Crippen LogP contribution in [0.3, 0.4) is 0 Å². The number of anilines is 1. The highest BCUT2D eigenvalue weighted by Crippen LogP contribution is 2.36. The topological polar surface area (TPSA) is 61.4 Å². The van der Waals surface area contributed by atoms with Gasteiger partial charge in [0.1, 0.15) is 0 Å². The molecule has 1 amide bonds. The summed E-state index contributed by atoms with van der Waals surface area (Å²) >= 11 is 1.29. The standard InChI is InChI=1S/C12H21N5OS/c1-13-11-15-14-9(19-11)10(18)17(4)8-12(16(2)3)6-5-7-12/h5-8H2,1-4H3,(H,13,15). The van der Waals surface area contributed by atoms with E-state index in [1.807, 2.05) is 7.05 Å². The molecule has 1 N–H and O–H groups in total. The summed E-state index contributed by atoms with van der Waals surface area (Å²) in [6.45, 7) is 0.743. The van der Waals surface area contributed by atoms with Crippen LogP contribution in [0.15, 0.2) is 0 Å². The number of hydrogen-bond donors (Lipinski definition) is 1. The minimum absolute atomic E-state index is 0.0490. The van der Waals surface area contributed by atoms with Gasteiger partial charge in [-0.2, -0.15) is 0 Å². The van der Waals surface area contributed by atoms with E-state index in [-0.39, 0.29) is 11.4 Å². The van der Waals surface area contributed by atoms with E-state index < -0.39 is 0 Å². The van der Waals surface area contributed by atoms with Crippen molar-refractivity contribution in [1.82, 2.24) is 20.0 Å². The molecular formula is C12H21N5OS. The first-order valence-electron chi connectivity index (χ1n) is 6.43. The molecular weight excluding hydrogens is 262 g/mol. The zero-order chi connectivity index (χ0) is 14.0. The van der Waals surface area contributed by atoms with E-state index >= 15 is 0 Å². The van der Waals surface area contributed by atoms with Crippen LogP contribution in [0.1, 0.15) is 29.1 Å². The Kier molecular flexibility index (Phi) is 4.05. The van der Waals surface area contributed by atoms with Crippen LogP contribution in [-0.4, -0.2) is 66.2 Å². The Bertz CT molecular complexity index is 455. The Labute approximate surface area is 117 Å². The first-order valence-corrected chi connectivity index (χ1v) is 7.24. The molecule has 7 heteroatoms. The normalized spacial score (nSPS) is 17.1. The quantitative estimate of drug-likeness (QED) is 0.878. The Morgan fingerprint density at radius 1 is 1.37 bits per heavy atom. The van der Waals surface area contributed by atoms with Gasteiger partial charge in [-0.05, 0) is 33.4 Å². The average molecular weight is 283 g/mol. The molecule has 0 radical (unpaired) electrons. The summed E-state index contributed by atoms with van der Waals surface area (Å²) in [5, 5.41) is 11.8. The van der Waals surface area contributed by atoms with Crippen LogP contribution in [-0.2, 0) is 0 Å². The molecule has 0 atom stereocenters. The Hall–Kier alpha value is -1.21. The van der Waals surface area contributed by atoms with Gasteiger partial charge in [-0.25, -0.2) is 0 Å². The SMILES string of the molecule is CNc1nnc(C(=O)N(C)CC2(N(C)C)CCC2)s1. The third-order valence-corrected chi connectivity index (χ3v) is 4.86. The number of hydrogen-bond acceptors (Lipinski definition) is 6. The van der Waals surface area contributed by atoms with Gasteiger partial charge in [0.25, 0.3) is 5.91 Å². The Morgan fingerprint density at radius 2 is 2.05 bits per heavy atom. The number of nitrogens with zero attached hydrogens (tertiary/aromatic N) is 4. The highest BCUT2D eigenvalue weighted by molar-refractivity contribution is 7.17. The molecule has 106 valence electrons. The molecule has 6 nitrogen and oxygen atoms in total. The van der Waals surface area contributed by atoms with E-state index in [2.05, 4.69) is 34.5 Å². The van der Waals surface area contributed by atoms with Crippen LogP contribution in [0.4, 0.5) is 5.13 Å². The van der Waals surface area contributed by atoms with Crippen LogP contribution >= 0.6 is 11.3 Å². The molecule has 0 aliphatic heterocycles. The smallest absolute Gasteiger partial charge is 0.284 e. The molecule has 0 bridgehead atoms. The van der Waals surface area contributed by atoms with E-state index in [0.717, 1.165) is 19.4 Å². The van der Waals surface area contributed by atoms with Crippen LogP contribution in [0.2, 0.25) is 0 Å². The van der Waals surface area contributed by atoms with Gasteiger partial charge in [-0.15, -0.1) is 10.2 Å². The van der Waals surface area contributed by atoms with Crippen LogP contribution in [0.25, 0.3) is 0 Å². The predicted octanol–water partition coefficient (Wildman–Crippen LogP) is 1.14. The monoisotopic (exact) mass is 283 g/mol. The van der Waals surface area contributed by atoms with E-state index in [0.29, 0.717) is 10.1 Å². The Morgan fingerprint density at radius 3 is 2.47 bits per heavy atom. The zero-order valence-corrected chi connectivity index (χ0v) is 12.8. The summed E-state index contributed by atoms with van der Waals surface area (Å²) in [4.78, 5) is 16.3. The molecule has 1 aromatic rings. The summed E-state index contributed by atoms with van der Waals surface area (Å²) in [5.41, 5.74) is 0.140. The fourth-order valence-corrected chi connectivity index (χ4v) is 3.11. The molecule has 0 spiro atoms. The molecule has 1 saturated carbocycles. The van der Waals surface area contributed by atoms with E-state index in [1.54, 1.807) is 11.9 Å². The molecule has 19 heavy (non-hydrogen) atoms. The third kappa shape index (κ3) is 2.71. The summed E-state index contributed by atoms with van der Waals surface area (Å²) < 4.78 is 0. The predicted molar refractivity (Wildman–Crippen MR) is 76.7 cm³/mol. The number of aromatic nitrogens is 2. The third-order valence-electron chi connectivity index (χ3n) is 3.93. The van der Waals surface area contributed by atoms with Gasteiger partial charge in [-0.3, -0.25) is 4.79 Å². The highest BCUT2D eigenvalue weighted by Gasteiger charge is 2.41. The molecule has 1 fully saturated rings. The van der Waals surface area contributed by atoms with Gasteiger partial charge >= 0.3 is 0 Å². The van der Waals surface area contributed by atoms with Gasteiger partial charge < -0.3 is 15.1 Å². The second-order valence-electron chi connectivity index (χ2n) is 5.30. The van der Waals surface area contributed by atoms with Crippen molar-refractivity contribution in [2.24, 2.45) is 0 Å². The average Bonchev–Trinajstić information content (AvgIpc) is 2.80. The van der Waals surface area contributed by atoms with Crippen molar-refractivity contribution in [3.05, 3.63) is 5.01 Å². The maximum atomic E-state index is 12.3. The second-order valence-corrected chi connectivity index (χ2v) is 6.27. The summed E-state index contributed by atoms with van der Waals surface area (Å²) in [5.74, 6) is -0.0490. The molecule has 0 aromatic carbocycles. The number of likely N-dealkylation sites (N-methyl/N-ethyl adjacent to an activating group) is 2. The number of carbonyl (C=O) groups is 1. The molecule has 2 rings (SSSR count). The lowest BCUT2D eigenvalue weighted by Crippen LogP contribution is -2.57. The van der Waals surface area contributed by atoms with Crippen molar-refractivity contribution in [1.29, 1.82) is 0 Å². The van der Waals surface area contributed by atoms with Crippen molar-refractivity contribution in [2.45, 2.75) is 24.8 Å². The first-order chi connectivity index (χ1) is 8.98. The van der Waals surface area contributed by atoms with Gasteiger partial charge in [0.15, 0.2) is 0 Å². The van der Waals surface area contributed by atoms with Gasteiger partial charge in [0.05, 0.1) is 0 Å². The summed E-state index contributed by atoms with van der Waals surface area (Å²) in [6.07, 6.45) is 3.54.